The molecule has 6 aromatic carbocycles. The Kier molecular flexibility index (Phi) is 6.47. The number of benzene rings is 6. The van der Waals surface area contributed by atoms with E-state index in [9.17, 15) is 5.26 Å². The van der Waals surface area contributed by atoms with Crippen molar-refractivity contribution in [3.63, 3.8) is 0 Å². The van der Waals surface area contributed by atoms with Crippen molar-refractivity contribution >= 4 is 21.8 Å². The van der Waals surface area contributed by atoms with Crippen LogP contribution in [-0.2, 0) is 5.41 Å². The van der Waals surface area contributed by atoms with Crippen molar-refractivity contribution in [2.45, 2.75) is 44.9 Å². The lowest BCUT2D eigenvalue weighted by molar-refractivity contribution is 0.584. The molecule has 0 fully saturated rings. The molecule has 0 spiro atoms. The van der Waals surface area contributed by atoms with Gasteiger partial charge < -0.3 is 0 Å². The van der Waals surface area contributed by atoms with Crippen molar-refractivity contribution in [3.8, 4) is 57.0 Å². The summed E-state index contributed by atoms with van der Waals surface area (Å²) in [7, 11) is 0. The summed E-state index contributed by atoms with van der Waals surface area (Å²) >= 11 is 0. The van der Waals surface area contributed by atoms with E-state index in [0.29, 0.717) is 35.0 Å². The fourth-order valence-corrected chi connectivity index (χ4v) is 9.12. The lowest BCUT2D eigenvalue weighted by Gasteiger charge is -2.37. The summed E-state index contributed by atoms with van der Waals surface area (Å²) in [6.07, 6.45) is 0. The van der Waals surface area contributed by atoms with Gasteiger partial charge in [-0.15, -0.1) is 0 Å². The monoisotopic (exact) mass is 669 g/mol. The van der Waals surface area contributed by atoms with E-state index in [0.717, 1.165) is 22.2 Å². The number of hydrogen-bond acceptors (Lipinski definition) is 4. The Morgan fingerprint density at radius 1 is 0.635 bits per heavy atom. The van der Waals surface area contributed by atoms with E-state index in [1.54, 1.807) is 0 Å². The number of hydrogen-bond donors (Lipinski definition) is 0. The summed E-state index contributed by atoms with van der Waals surface area (Å²) in [4.78, 5) is 15.6. The number of para-hydroxylation sites is 1. The van der Waals surface area contributed by atoms with Gasteiger partial charge >= 0.3 is 0 Å². The molecule has 248 valence electrons. The molecule has 2 atom stereocenters. The van der Waals surface area contributed by atoms with Crippen LogP contribution >= 0.6 is 0 Å². The molecule has 0 amide bonds. The largest absolute Gasteiger partial charge is 0.277 e. The van der Waals surface area contributed by atoms with Crippen LogP contribution in [0, 0.1) is 11.3 Å². The van der Waals surface area contributed by atoms with Gasteiger partial charge in [0.05, 0.1) is 22.7 Å². The second-order valence-corrected chi connectivity index (χ2v) is 14.8. The average Bonchev–Trinajstić information content (AvgIpc) is 3.66. The van der Waals surface area contributed by atoms with Gasteiger partial charge in [-0.05, 0) is 81.1 Å². The first-order valence-electron chi connectivity index (χ1n) is 18.0. The van der Waals surface area contributed by atoms with E-state index in [1.165, 1.54) is 55.3 Å². The highest BCUT2D eigenvalue weighted by atomic mass is 15.2. The number of nitriles is 1. The number of rotatable bonds is 3. The smallest absolute Gasteiger partial charge is 0.238 e. The third kappa shape index (κ3) is 4.12. The highest BCUT2D eigenvalue weighted by Gasteiger charge is 2.45. The van der Waals surface area contributed by atoms with Crippen LogP contribution in [0.25, 0.3) is 72.8 Å². The minimum atomic E-state index is -0.228. The lowest BCUT2D eigenvalue weighted by atomic mass is 9.66. The summed E-state index contributed by atoms with van der Waals surface area (Å²) in [6.45, 7) is 9.61. The summed E-state index contributed by atoms with van der Waals surface area (Å²) in [5.41, 5.74) is 15.0. The van der Waals surface area contributed by atoms with Gasteiger partial charge in [-0.25, -0.2) is 4.98 Å². The Morgan fingerprint density at radius 2 is 1.27 bits per heavy atom. The van der Waals surface area contributed by atoms with Crippen molar-refractivity contribution in [2.24, 2.45) is 0 Å². The fraction of sp³-hybridized carbons (Fsp3) is 0.149. The van der Waals surface area contributed by atoms with E-state index in [1.807, 2.05) is 54.6 Å². The van der Waals surface area contributed by atoms with Gasteiger partial charge in [0.15, 0.2) is 11.6 Å². The van der Waals surface area contributed by atoms with E-state index in [-0.39, 0.29) is 5.41 Å². The van der Waals surface area contributed by atoms with Crippen molar-refractivity contribution in [2.75, 3.05) is 0 Å². The Hall–Kier alpha value is -6.38. The maximum Gasteiger partial charge on any atom is 0.238 e. The van der Waals surface area contributed by atoms with Crippen LogP contribution in [0.15, 0.2) is 127 Å². The molecule has 0 aliphatic heterocycles. The molecular formula is C47H35N5. The zero-order valence-electron chi connectivity index (χ0n) is 29.5. The van der Waals surface area contributed by atoms with E-state index < -0.39 is 0 Å². The van der Waals surface area contributed by atoms with Crippen molar-refractivity contribution < 1.29 is 0 Å². The Labute approximate surface area is 302 Å². The maximum absolute atomic E-state index is 9.53. The Bertz CT molecular complexity index is 2800. The first-order valence-corrected chi connectivity index (χ1v) is 18.0. The molecule has 0 saturated heterocycles. The SMILES string of the molecule is CC1c2ccccc2-c2c(c3c(c4c2c2ccccc2n4-c2nc(-c4ccccc4)nc(-c4ccc(C#N)cc4)n2)-c2ccccc2C3(C)C)C1C. The fourth-order valence-electron chi connectivity index (χ4n) is 9.12. The normalized spacial score (nSPS) is 16.6. The third-order valence-electron chi connectivity index (χ3n) is 11.7. The molecule has 52 heavy (non-hydrogen) atoms. The van der Waals surface area contributed by atoms with Gasteiger partial charge in [0, 0.05) is 32.9 Å². The first kappa shape index (κ1) is 30.4. The Balaban J connectivity index is 1.42. The molecule has 0 bridgehead atoms. The molecule has 10 rings (SSSR count). The van der Waals surface area contributed by atoms with Gasteiger partial charge in [-0.1, -0.05) is 125 Å². The molecule has 5 nitrogen and oxygen atoms in total. The van der Waals surface area contributed by atoms with Crippen LogP contribution in [0.3, 0.4) is 0 Å². The number of nitrogens with zero attached hydrogens (tertiary/aromatic N) is 5. The topological polar surface area (TPSA) is 67.4 Å². The first-order chi connectivity index (χ1) is 25.4. The second kappa shape index (κ2) is 11.1. The second-order valence-electron chi connectivity index (χ2n) is 14.8. The highest BCUT2D eigenvalue weighted by Crippen LogP contribution is 2.61. The molecule has 5 heteroatoms. The zero-order valence-corrected chi connectivity index (χ0v) is 29.5. The van der Waals surface area contributed by atoms with Crippen LogP contribution in [0.2, 0.25) is 0 Å². The summed E-state index contributed by atoms with van der Waals surface area (Å²) in [5, 5.41) is 11.9. The van der Waals surface area contributed by atoms with Crippen molar-refractivity contribution in [3.05, 3.63) is 155 Å². The minimum absolute atomic E-state index is 0.228. The van der Waals surface area contributed by atoms with Crippen molar-refractivity contribution in [1.29, 1.82) is 5.26 Å². The average molecular weight is 670 g/mol. The van der Waals surface area contributed by atoms with E-state index >= 15 is 0 Å². The summed E-state index contributed by atoms with van der Waals surface area (Å²) in [6, 6.07) is 46.5. The minimum Gasteiger partial charge on any atom is -0.277 e. The van der Waals surface area contributed by atoms with Crippen molar-refractivity contribution in [1.82, 2.24) is 19.5 Å². The maximum atomic E-state index is 9.53. The molecule has 2 aliphatic carbocycles. The Morgan fingerprint density at radius 3 is 2.02 bits per heavy atom. The number of aromatic nitrogens is 4. The van der Waals surface area contributed by atoms with E-state index in [2.05, 4.69) is 111 Å². The quantitative estimate of drug-likeness (QED) is 0.188. The predicted molar refractivity (Wildman–Crippen MR) is 210 cm³/mol. The summed E-state index contributed by atoms with van der Waals surface area (Å²) in [5.74, 6) is 2.39. The molecular weight excluding hydrogens is 635 g/mol. The molecule has 0 saturated carbocycles. The van der Waals surface area contributed by atoms with Gasteiger partial charge in [0.2, 0.25) is 5.95 Å². The van der Waals surface area contributed by atoms with Gasteiger partial charge in [0.25, 0.3) is 0 Å². The molecule has 2 aliphatic rings. The third-order valence-corrected chi connectivity index (χ3v) is 11.7. The van der Waals surface area contributed by atoms with Gasteiger partial charge in [0.1, 0.15) is 0 Å². The molecule has 2 aromatic heterocycles. The molecule has 2 unspecified atom stereocenters. The zero-order chi connectivity index (χ0) is 35.3. The van der Waals surface area contributed by atoms with Gasteiger partial charge in [-0.3, -0.25) is 4.57 Å². The molecule has 8 aromatic rings. The lowest BCUT2D eigenvalue weighted by Crippen LogP contribution is -2.23. The molecule has 0 radical (unpaired) electrons. The van der Waals surface area contributed by atoms with Crippen LogP contribution in [0.5, 0.6) is 0 Å². The molecule has 2 heterocycles. The van der Waals surface area contributed by atoms with Crippen LogP contribution in [0.4, 0.5) is 0 Å². The van der Waals surface area contributed by atoms with Gasteiger partial charge in [-0.2, -0.15) is 15.2 Å². The molecule has 0 N–H and O–H groups in total. The van der Waals surface area contributed by atoms with E-state index in [4.69, 9.17) is 15.0 Å². The van der Waals surface area contributed by atoms with Crippen LogP contribution in [0.1, 0.15) is 67.3 Å². The highest BCUT2D eigenvalue weighted by molar-refractivity contribution is 6.22. The predicted octanol–water partition coefficient (Wildman–Crippen LogP) is 11.4. The van der Waals surface area contributed by atoms with Crippen LogP contribution < -0.4 is 0 Å². The van der Waals surface area contributed by atoms with Crippen LogP contribution in [-0.4, -0.2) is 19.5 Å². The standard InChI is InChI=1S/C47H35N5/c1-27-28(2)38-39(33-17-9-8-16-32(27)33)40-35-19-11-13-21-37(35)52(43(40)41-34-18-10-12-20-36(34)47(3,4)42(38)41)46-50-44(30-14-6-5-7-15-30)49-45(51-46)31-24-22-29(26-48)23-25-31/h5-25,27-28H,1-4H3. The summed E-state index contributed by atoms with van der Waals surface area (Å²) < 4.78 is 2.30. The number of fused-ring (bicyclic) bond motifs is 12.